The molecule has 0 spiro atoms. The monoisotopic (exact) mass is 390 g/mol. The number of nitrogens with one attached hydrogen (secondary N) is 2. The molecule has 0 atom stereocenters. The lowest BCUT2D eigenvalue weighted by Crippen LogP contribution is -2.36. The smallest absolute Gasteiger partial charge is 0.252 e. The molecule has 10 heteroatoms. The molecule has 10 N–H and O–H groups in total. The summed E-state index contributed by atoms with van der Waals surface area (Å²) in [6.45, 7) is 0.0267. The molecule has 2 aromatic rings. The van der Waals surface area contributed by atoms with Gasteiger partial charge in [0.15, 0.2) is 0 Å². The first-order valence-corrected chi connectivity index (χ1v) is 7.59. The van der Waals surface area contributed by atoms with Crippen molar-refractivity contribution in [1.82, 2.24) is 22.9 Å². The van der Waals surface area contributed by atoms with Crippen LogP contribution in [0.3, 0.4) is 0 Å². The van der Waals surface area contributed by atoms with E-state index < -0.39 is 23.8 Å². The summed E-state index contributed by atoms with van der Waals surface area (Å²) in [6, 6.07) is 11.2. The maximum atomic E-state index is 12.0. The molecule has 0 fully saturated rings. The second-order valence-corrected chi connectivity index (χ2v) is 5.18. The van der Waals surface area contributed by atoms with Crippen LogP contribution in [0.5, 0.6) is 0 Å². The van der Waals surface area contributed by atoms with Crippen LogP contribution in [0, 0.1) is 0 Å². The Balaban J connectivity index is 0.00000364. The number of hydrogen-bond acceptors (Lipinski definition) is 6. The van der Waals surface area contributed by atoms with Gasteiger partial charge in [-0.1, -0.05) is 36.4 Å². The fourth-order valence-corrected chi connectivity index (χ4v) is 2.26. The highest BCUT2D eigenvalue weighted by Gasteiger charge is 2.13. The lowest BCUT2D eigenvalue weighted by Gasteiger charge is -2.12. The Bertz CT molecular complexity index is 797. The Hall–Kier alpha value is -3.76. The van der Waals surface area contributed by atoms with Crippen LogP contribution in [-0.2, 0) is 0 Å². The fourth-order valence-electron chi connectivity index (χ4n) is 2.26. The standard InChI is InChI=1S/C18H16N2O6.2H3N/c21-15(11-5-1-3-7-13(11)17(23)24)19-9-10-20-16(22)12-6-2-4-8-14(12)18(25)26;;/h1-8H,9-10H2,(H,19,21)(H,20,22)(H,23,24)(H,25,26);2*1H3. The van der Waals surface area contributed by atoms with Crippen molar-refractivity contribution in [2.75, 3.05) is 13.1 Å². The van der Waals surface area contributed by atoms with Gasteiger partial charge in [0.25, 0.3) is 11.8 Å². The Labute approximate surface area is 160 Å². The van der Waals surface area contributed by atoms with Gasteiger partial charge in [-0.05, 0) is 12.1 Å². The number of hydrogen-bond donors (Lipinski definition) is 4. The predicted octanol–water partition coefficient (Wildman–Crippen LogP) is -0.674. The van der Waals surface area contributed by atoms with Crippen molar-refractivity contribution in [3.8, 4) is 0 Å². The van der Waals surface area contributed by atoms with Gasteiger partial charge >= 0.3 is 0 Å². The first-order valence-electron chi connectivity index (χ1n) is 7.59. The van der Waals surface area contributed by atoms with Crippen molar-refractivity contribution >= 4 is 23.8 Å². The second kappa shape index (κ2) is 11.1. The summed E-state index contributed by atoms with van der Waals surface area (Å²) in [4.78, 5) is 46.0. The second-order valence-electron chi connectivity index (χ2n) is 5.18. The quantitative estimate of drug-likeness (QED) is 0.449. The number of carbonyl (C=O) groups is 4. The maximum Gasteiger partial charge on any atom is 0.252 e. The van der Waals surface area contributed by atoms with E-state index in [9.17, 15) is 29.4 Å². The largest absolute Gasteiger partial charge is 0.545 e. The zero-order chi connectivity index (χ0) is 19.1. The SMILES string of the molecule is O=C([O-])c1ccccc1C(=O)NCCNC(=O)c1ccccc1C(=O)[O-].[NH4+].[NH4+]. The van der Waals surface area contributed by atoms with Crippen LogP contribution in [0.4, 0.5) is 0 Å². The third kappa shape index (κ3) is 5.90. The van der Waals surface area contributed by atoms with Gasteiger partial charge in [0.1, 0.15) is 0 Å². The zero-order valence-corrected chi connectivity index (χ0v) is 15.5. The molecule has 0 heterocycles. The number of rotatable bonds is 7. The average Bonchev–Trinajstić information content (AvgIpc) is 2.64. The molecular formula is C18H22N4O6. The summed E-state index contributed by atoms with van der Waals surface area (Å²) in [6.07, 6.45) is 0. The summed E-state index contributed by atoms with van der Waals surface area (Å²) >= 11 is 0. The van der Waals surface area contributed by atoms with Crippen LogP contribution in [0.2, 0.25) is 0 Å². The first kappa shape index (κ1) is 24.2. The zero-order valence-electron chi connectivity index (χ0n) is 15.5. The summed E-state index contributed by atoms with van der Waals surface area (Å²) in [5.41, 5.74) is -0.587. The van der Waals surface area contributed by atoms with Gasteiger partial charge in [0.2, 0.25) is 0 Å². The number of aromatic carboxylic acids is 2. The van der Waals surface area contributed by atoms with Crippen molar-refractivity contribution < 1.29 is 29.4 Å². The van der Waals surface area contributed by atoms with E-state index in [4.69, 9.17) is 0 Å². The van der Waals surface area contributed by atoms with Gasteiger partial charge in [0, 0.05) is 35.3 Å². The van der Waals surface area contributed by atoms with Crippen LogP contribution < -0.4 is 33.1 Å². The van der Waals surface area contributed by atoms with Gasteiger partial charge < -0.3 is 42.7 Å². The van der Waals surface area contributed by atoms with Gasteiger partial charge in [-0.3, -0.25) is 9.59 Å². The summed E-state index contributed by atoms with van der Waals surface area (Å²) in [5.74, 6) is -4.20. The molecular weight excluding hydrogens is 368 g/mol. The van der Waals surface area contributed by atoms with E-state index in [-0.39, 0.29) is 47.6 Å². The van der Waals surface area contributed by atoms with Crippen LogP contribution >= 0.6 is 0 Å². The van der Waals surface area contributed by atoms with Crippen molar-refractivity contribution in [3.05, 3.63) is 70.8 Å². The van der Waals surface area contributed by atoms with Gasteiger partial charge in [-0.2, -0.15) is 0 Å². The van der Waals surface area contributed by atoms with Crippen LogP contribution in [0.25, 0.3) is 0 Å². The summed E-state index contributed by atoms with van der Waals surface area (Å²) < 4.78 is 0. The third-order valence-corrected chi connectivity index (χ3v) is 3.48. The molecule has 2 amide bonds. The minimum atomic E-state index is -1.47. The normalized spacial score (nSPS) is 9.29. The van der Waals surface area contributed by atoms with Crippen molar-refractivity contribution in [2.24, 2.45) is 0 Å². The van der Waals surface area contributed by atoms with E-state index in [0.717, 1.165) is 0 Å². The molecule has 10 nitrogen and oxygen atoms in total. The lowest BCUT2D eigenvalue weighted by molar-refractivity contribution is -0.256. The molecule has 0 aromatic heterocycles. The Morgan fingerprint density at radius 2 is 0.893 bits per heavy atom. The Morgan fingerprint density at radius 1 is 0.607 bits per heavy atom. The lowest BCUT2D eigenvalue weighted by atomic mass is 10.1. The fraction of sp³-hybridized carbons (Fsp3) is 0.111. The maximum absolute atomic E-state index is 12.0. The topological polar surface area (TPSA) is 211 Å². The highest BCUT2D eigenvalue weighted by atomic mass is 16.4. The van der Waals surface area contributed by atoms with E-state index in [1.165, 1.54) is 48.5 Å². The summed E-state index contributed by atoms with van der Waals surface area (Å²) in [5, 5.41) is 26.9. The summed E-state index contributed by atoms with van der Waals surface area (Å²) in [7, 11) is 0. The number of carboxylic acid groups (broad SMARTS) is 2. The number of amides is 2. The van der Waals surface area contributed by atoms with E-state index in [1.807, 2.05) is 0 Å². The number of carbonyl (C=O) groups excluding carboxylic acids is 4. The molecule has 0 aliphatic heterocycles. The third-order valence-electron chi connectivity index (χ3n) is 3.48. The van der Waals surface area contributed by atoms with E-state index >= 15 is 0 Å². The van der Waals surface area contributed by atoms with Crippen molar-refractivity contribution in [3.63, 3.8) is 0 Å². The highest BCUT2D eigenvalue weighted by Crippen LogP contribution is 2.08. The first-order chi connectivity index (χ1) is 12.4. The number of carboxylic acids is 2. The highest BCUT2D eigenvalue weighted by molar-refractivity contribution is 6.05. The molecule has 0 aliphatic rings. The molecule has 28 heavy (non-hydrogen) atoms. The van der Waals surface area contributed by atoms with Gasteiger partial charge in [0.05, 0.1) is 11.9 Å². The van der Waals surface area contributed by atoms with Crippen LogP contribution in [0.1, 0.15) is 41.4 Å². The molecule has 2 aromatic carbocycles. The van der Waals surface area contributed by atoms with Crippen molar-refractivity contribution in [1.29, 1.82) is 0 Å². The van der Waals surface area contributed by atoms with Crippen LogP contribution in [-0.4, -0.2) is 36.8 Å². The molecule has 0 unspecified atom stereocenters. The van der Waals surface area contributed by atoms with Crippen molar-refractivity contribution in [2.45, 2.75) is 0 Å². The number of quaternary nitrogens is 2. The molecule has 0 saturated heterocycles. The molecule has 0 bridgehead atoms. The van der Waals surface area contributed by atoms with E-state index in [2.05, 4.69) is 10.6 Å². The molecule has 0 saturated carbocycles. The van der Waals surface area contributed by atoms with Gasteiger partial charge in [-0.25, -0.2) is 0 Å². The predicted molar refractivity (Wildman–Crippen MR) is 98.2 cm³/mol. The minimum absolute atomic E-state index is 0. The van der Waals surface area contributed by atoms with Crippen LogP contribution in [0.15, 0.2) is 48.5 Å². The Kier molecular flexibility index (Phi) is 9.57. The number of benzene rings is 2. The van der Waals surface area contributed by atoms with Gasteiger partial charge in [-0.15, -0.1) is 0 Å². The molecule has 2 rings (SSSR count). The minimum Gasteiger partial charge on any atom is -0.545 e. The molecule has 150 valence electrons. The average molecular weight is 390 g/mol. The Morgan fingerprint density at radius 3 is 1.18 bits per heavy atom. The molecule has 0 aliphatic carbocycles. The van der Waals surface area contributed by atoms with E-state index in [0.29, 0.717) is 0 Å². The van der Waals surface area contributed by atoms with E-state index in [1.54, 1.807) is 0 Å². The molecule has 0 radical (unpaired) electrons.